The van der Waals surface area contributed by atoms with Gasteiger partial charge in [0.05, 0.1) is 27.5 Å². The number of nitrogens with zero attached hydrogens (tertiary/aromatic N) is 1. The molecule has 0 aliphatic heterocycles. The molecule has 0 unspecified atom stereocenters. The van der Waals surface area contributed by atoms with Gasteiger partial charge in [-0.15, -0.1) is 0 Å². The third-order valence-corrected chi connectivity index (χ3v) is 4.01. The second-order valence-electron chi connectivity index (χ2n) is 6.38. The molecule has 0 saturated heterocycles. The summed E-state index contributed by atoms with van der Waals surface area (Å²) in [6, 6.07) is 9.98. The van der Waals surface area contributed by atoms with Crippen molar-refractivity contribution >= 4 is 23.7 Å². The van der Waals surface area contributed by atoms with Crippen LogP contribution in [0.25, 0.3) is 0 Å². The lowest BCUT2D eigenvalue weighted by Gasteiger charge is -2.12. The van der Waals surface area contributed by atoms with Crippen LogP contribution < -0.4 is 25.0 Å². The first-order valence-corrected chi connectivity index (χ1v) is 8.94. The summed E-state index contributed by atoms with van der Waals surface area (Å²) in [4.78, 5) is 23.9. The summed E-state index contributed by atoms with van der Waals surface area (Å²) in [5.74, 6) is 0.855. The van der Waals surface area contributed by atoms with Crippen molar-refractivity contribution in [2.75, 3.05) is 26.6 Å². The molecule has 0 saturated carbocycles. The first-order chi connectivity index (χ1) is 13.9. The SMILES string of the molecule is COc1cc(C=NNC(=O)c2ccc(NC(=O)C(C)C)cc2)cc(OC)c1OC. The number of rotatable bonds is 8. The van der Waals surface area contributed by atoms with E-state index in [1.807, 2.05) is 13.8 Å². The number of benzene rings is 2. The van der Waals surface area contributed by atoms with Crippen molar-refractivity contribution in [3.8, 4) is 17.2 Å². The molecule has 0 aliphatic carbocycles. The number of methoxy groups -OCH3 is 3. The first kappa shape index (κ1) is 21.7. The van der Waals surface area contributed by atoms with Gasteiger partial charge < -0.3 is 19.5 Å². The smallest absolute Gasteiger partial charge is 0.271 e. The van der Waals surface area contributed by atoms with Gasteiger partial charge in [-0.1, -0.05) is 13.8 Å². The maximum atomic E-state index is 12.2. The van der Waals surface area contributed by atoms with E-state index in [0.29, 0.717) is 34.1 Å². The van der Waals surface area contributed by atoms with Crippen molar-refractivity contribution in [3.63, 3.8) is 0 Å². The lowest BCUT2D eigenvalue weighted by Crippen LogP contribution is -2.19. The molecule has 0 heterocycles. The van der Waals surface area contributed by atoms with Crippen LogP contribution in [0, 0.1) is 5.92 Å². The minimum absolute atomic E-state index is 0.0860. The molecule has 2 rings (SSSR count). The monoisotopic (exact) mass is 399 g/mol. The number of amides is 2. The van der Waals surface area contributed by atoms with Gasteiger partial charge >= 0.3 is 0 Å². The Morgan fingerprint density at radius 2 is 1.55 bits per heavy atom. The molecule has 0 fully saturated rings. The van der Waals surface area contributed by atoms with E-state index in [9.17, 15) is 9.59 Å². The van der Waals surface area contributed by atoms with Gasteiger partial charge in [0.25, 0.3) is 5.91 Å². The zero-order chi connectivity index (χ0) is 21.4. The Bertz CT molecular complexity index is 867. The van der Waals surface area contributed by atoms with Crippen LogP contribution in [-0.2, 0) is 4.79 Å². The van der Waals surface area contributed by atoms with Crippen LogP contribution >= 0.6 is 0 Å². The number of anilines is 1. The van der Waals surface area contributed by atoms with E-state index < -0.39 is 0 Å². The van der Waals surface area contributed by atoms with E-state index in [2.05, 4.69) is 15.8 Å². The molecule has 2 N–H and O–H groups in total. The van der Waals surface area contributed by atoms with Crippen molar-refractivity contribution in [2.45, 2.75) is 13.8 Å². The molecule has 8 nitrogen and oxygen atoms in total. The highest BCUT2D eigenvalue weighted by atomic mass is 16.5. The fourth-order valence-electron chi connectivity index (χ4n) is 2.40. The molecular weight excluding hydrogens is 374 g/mol. The van der Waals surface area contributed by atoms with E-state index in [1.54, 1.807) is 36.4 Å². The summed E-state index contributed by atoms with van der Waals surface area (Å²) >= 11 is 0. The predicted molar refractivity (Wildman–Crippen MR) is 111 cm³/mol. The number of nitrogens with one attached hydrogen (secondary N) is 2. The van der Waals surface area contributed by atoms with Crippen LogP contribution in [0.3, 0.4) is 0 Å². The Labute approximate surface area is 169 Å². The standard InChI is InChI=1S/C21H25N3O5/c1-13(2)20(25)23-16-8-6-15(7-9-16)21(26)24-22-12-14-10-17(27-3)19(29-5)18(11-14)28-4/h6-13H,1-5H3,(H,23,25)(H,24,26). The van der Waals surface area contributed by atoms with Crippen molar-refractivity contribution in [1.82, 2.24) is 5.43 Å². The van der Waals surface area contributed by atoms with Gasteiger partial charge in [-0.25, -0.2) is 5.43 Å². The van der Waals surface area contributed by atoms with Crippen molar-refractivity contribution in [2.24, 2.45) is 11.0 Å². The van der Waals surface area contributed by atoms with E-state index in [4.69, 9.17) is 14.2 Å². The molecule has 154 valence electrons. The van der Waals surface area contributed by atoms with Gasteiger partial charge in [0.15, 0.2) is 11.5 Å². The highest BCUT2D eigenvalue weighted by Gasteiger charge is 2.12. The third-order valence-electron chi connectivity index (χ3n) is 4.01. The fourth-order valence-corrected chi connectivity index (χ4v) is 2.40. The Morgan fingerprint density at radius 1 is 0.966 bits per heavy atom. The Balaban J connectivity index is 2.05. The summed E-state index contributed by atoms with van der Waals surface area (Å²) in [6.07, 6.45) is 1.47. The zero-order valence-electron chi connectivity index (χ0n) is 17.1. The van der Waals surface area contributed by atoms with E-state index in [1.165, 1.54) is 27.5 Å². The van der Waals surface area contributed by atoms with Gasteiger partial charge in [-0.2, -0.15) is 5.10 Å². The molecular formula is C21H25N3O5. The van der Waals surface area contributed by atoms with Crippen LogP contribution in [-0.4, -0.2) is 39.4 Å². The highest BCUT2D eigenvalue weighted by molar-refractivity contribution is 5.96. The van der Waals surface area contributed by atoms with E-state index in [0.717, 1.165) is 0 Å². The van der Waals surface area contributed by atoms with E-state index in [-0.39, 0.29) is 17.7 Å². The minimum Gasteiger partial charge on any atom is -0.493 e. The molecule has 8 heteroatoms. The predicted octanol–water partition coefficient (Wildman–Crippen LogP) is 3.07. The first-order valence-electron chi connectivity index (χ1n) is 8.94. The number of hydrazone groups is 1. The largest absolute Gasteiger partial charge is 0.493 e. The molecule has 0 atom stereocenters. The van der Waals surface area contributed by atoms with Crippen LogP contribution in [0.15, 0.2) is 41.5 Å². The number of carbonyl (C=O) groups is 2. The maximum Gasteiger partial charge on any atom is 0.271 e. The Hall–Kier alpha value is -3.55. The zero-order valence-corrected chi connectivity index (χ0v) is 17.1. The topological polar surface area (TPSA) is 98.2 Å². The molecule has 2 aromatic rings. The third kappa shape index (κ3) is 5.71. The molecule has 0 bridgehead atoms. The lowest BCUT2D eigenvalue weighted by atomic mass is 10.1. The Kier molecular flexibility index (Phi) is 7.59. The molecule has 0 aromatic heterocycles. The van der Waals surface area contributed by atoms with Gasteiger partial charge in [-0.05, 0) is 36.4 Å². The van der Waals surface area contributed by atoms with Gasteiger partial charge in [0.2, 0.25) is 11.7 Å². The molecule has 2 aromatic carbocycles. The molecule has 29 heavy (non-hydrogen) atoms. The summed E-state index contributed by atoms with van der Waals surface area (Å²) in [6.45, 7) is 3.62. The number of carbonyl (C=O) groups excluding carboxylic acids is 2. The highest BCUT2D eigenvalue weighted by Crippen LogP contribution is 2.37. The number of hydrogen-bond acceptors (Lipinski definition) is 6. The molecule has 0 aliphatic rings. The quantitative estimate of drug-likeness (QED) is 0.525. The molecule has 0 radical (unpaired) electrons. The van der Waals surface area contributed by atoms with Crippen LogP contribution in [0.4, 0.5) is 5.69 Å². The van der Waals surface area contributed by atoms with Crippen LogP contribution in [0.5, 0.6) is 17.2 Å². The second kappa shape index (κ2) is 10.1. The van der Waals surface area contributed by atoms with Crippen molar-refractivity contribution in [1.29, 1.82) is 0 Å². The van der Waals surface area contributed by atoms with Crippen LogP contribution in [0.2, 0.25) is 0 Å². The molecule has 0 spiro atoms. The van der Waals surface area contributed by atoms with Crippen molar-refractivity contribution in [3.05, 3.63) is 47.5 Å². The van der Waals surface area contributed by atoms with Crippen LogP contribution in [0.1, 0.15) is 29.8 Å². The lowest BCUT2D eigenvalue weighted by molar-refractivity contribution is -0.118. The second-order valence-corrected chi connectivity index (χ2v) is 6.38. The molecule has 2 amide bonds. The summed E-state index contributed by atoms with van der Waals surface area (Å²) < 4.78 is 15.8. The summed E-state index contributed by atoms with van der Waals surface area (Å²) in [7, 11) is 4.56. The fraction of sp³-hybridized carbons (Fsp3) is 0.286. The Morgan fingerprint density at radius 3 is 2.03 bits per heavy atom. The minimum atomic E-state index is -0.379. The number of ether oxygens (including phenoxy) is 3. The van der Waals surface area contributed by atoms with Crippen molar-refractivity contribution < 1.29 is 23.8 Å². The summed E-state index contributed by atoms with van der Waals surface area (Å²) in [5, 5.41) is 6.74. The van der Waals surface area contributed by atoms with E-state index >= 15 is 0 Å². The average molecular weight is 399 g/mol. The van der Waals surface area contributed by atoms with Gasteiger partial charge in [0, 0.05) is 22.7 Å². The average Bonchev–Trinajstić information content (AvgIpc) is 2.73. The number of hydrogen-bond donors (Lipinski definition) is 2. The normalized spacial score (nSPS) is 10.7. The maximum absolute atomic E-state index is 12.2. The van der Waals surface area contributed by atoms with Gasteiger partial charge in [-0.3, -0.25) is 9.59 Å². The van der Waals surface area contributed by atoms with Gasteiger partial charge in [0.1, 0.15) is 0 Å². The summed E-state index contributed by atoms with van der Waals surface area (Å²) in [5.41, 5.74) is 4.16.